The minimum Gasteiger partial charge on any atom is -0.394 e. The first-order chi connectivity index (χ1) is 8.14. The summed E-state index contributed by atoms with van der Waals surface area (Å²) in [6.45, 7) is 7.67. The molecular weight excluding hydrogens is 234 g/mol. The van der Waals surface area contributed by atoms with Gasteiger partial charge in [-0.2, -0.15) is 0 Å². The lowest BCUT2D eigenvalue weighted by atomic mass is 10.2. The van der Waals surface area contributed by atoms with E-state index in [2.05, 4.69) is 6.92 Å². The maximum absolute atomic E-state index is 11.2. The van der Waals surface area contributed by atoms with E-state index in [0.29, 0.717) is 19.6 Å². The topological polar surface area (TPSA) is 61.6 Å². The molecule has 0 aliphatic carbocycles. The molecule has 0 saturated carbocycles. The molecule has 0 aliphatic heterocycles. The van der Waals surface area contributed by atoms with Gasteiger partial charge in [-0.3, -0.25) is 4.79 Å². The van der Waals surface area contributed by atoms with Crippen molar-refractivity contribution < 1.29 is 13.6 Å². The molecule has 0 unspecified atom stereocenters. The van der Waals surface area contributed by atoms with Crippen LogP contribution in [0.25, 0.3) is 0 Å². The van der Waals surface area contributed by atoms with Crippen molar-refractivity contribution in [3.8, 4) is 0 Å². The Hall–Kier alpha value is -0.233. The van der Waals surface area contributed by atoms with Gasteiger partial charge in [0.25, 0.3) is 0 Å². The Morgan fingerprint density at radius 3 is 2.12 bits per heavy atom. The van der Waals surface area contributed by atoms with Gasteiger partial charge in [0.2, 0.25) is 0 Å². The van der Waals surface area contributed by atoms with E-state index in [1.807, 2.05) is 13.8 Å². The van der Waals surface area contributed by atoms with Crippen LogP contribution in [0.2, 0.25) is 12.1 Å². The van der Waals surface area contributed by atoms with E-state index < -0.39 is 8.56 Å². The maximum atomic E-state index is 11.2. The molecule has 102 valence electrons. The molecule has 5 heteroatoms. The highest BCUT2D eigenvalue weighted by molar-refractivity contribution is 6.67. The zero-order valence-electron chi connectivity index (χ0n) is 11.5. The highest BCUT2D eigenvalue weighted by Gasteiger charge is 2.35. The molecule has 0 aliphatic rings. The Morgan fingerprint density at radius 1 is 1.12 bits per heavy atom. The van der Waals surface area contributed by atoms with Gasteiger partial charge in [-0.05, 0) is 32.4 Å². The zero-order chi connectivity index (χ0) is 13.1. The van der Waals surface area contributed by atoms with E-state index in [1.54, 1.807) is 0 Å². The van der Waals surface area contributed by atoms with Crippen molar-refractivity contribution >= 4 is 14.3 Å². The monoisotopic (exact) mass is 261 g/mol. The van der Waals surface area contributed by atoms with Crippen molar-refractivity contribution in [1.82, 2.24) is 0 Å². The van der Waals surface area contributed by atoms with Crippen molar-refractivity contribution in [3.63, 3.8) is 0 Å². The largest absolute Gasteiger partial charge is 0.394 e. The second-order valence-corrected chi connectivity index (χ2v) is 7.52. The molecule has 0 rings (SSSR count). The summed E-state index contributed by atoms with van der Waals surface area (Å²) in [7, 11) is -2.07. The van der Waals surface area contributed by atoms with Crippen molar-refractivity contribution in [2.45, 2.75) is 52.1 Å². The van der Waals surface area contributed by atoms with Crippen LogP contribution in [0.5, 0.6) is 0 Å². The SMILES string of the molecule is CCC[Si](CCCC(=O)CN)(OCC)OCC. The summed E-state index contributed by atoms with van der Waals surface area (Å²) < 4.78 is 11.8. The smallest absolute Gasteiger partial charge is 0.338 e. The number of carbonyl (C=O) groups excluding carboxylic acids is 1. The summed E-state index contributed by atoms with van der Waals surface area (Å²) >= 11 is 0. The first-order valence-electron chi connectivity index (χ1n) is 6.63. The number of rotatable bonds is 11. The summed E-state index contributed by atoms with van der Waals surface area (Å²) in [5.74, 6) is 0.123. The molecule has 0 radical (unpaired) electrons. The van der Waals surface area contributed by atoms with Gasteiger partial charge in [0.05, 0.1) is 6.54 Å². The van der Waals surface area contributed by atoms with Crippen LogP contribution in [0.4, 0.5) is 0 Å². The van der Waals surface area contributed by atoms with Crippen LogP contribution in [0.15, 0.2) is 0 Å². The zero-order valence-corrected chi connectivity index (χ0v) is 12.5. The fraction of sp³-hybridized carbons (Fsp3) is 0.917. The second kappa shape index (κ2) is 9.76. The number of carbonyl (C=O) groups is 1. The molecule has 4 nitrogen and oxygen atoms in total. The normalized spacial score (nSPS) is 11.8. The first kappa shape index (κ1) is 16.8. The molecule has 0 amide bonds. The van der Waals surface area contributed by atoms with E-state index in [0.717, 1.165) is 24.9 Å². The van der Waals surface area contributed by atoms with Gasteiger partial charge in [-0.1, -0.05) is 13.3 Å². The third-order valence-corrected chi connectivity index (χ3v) is 6.69. The van der Waals surface area contributed by atoms with Crippen LogP contribution >= 0.6 is 0 Å². The van der Waals surface area contributed by atoms with Gasteiger partial charge < -0.3 is 14.6 Å². The lowest BCUT2D eigenvalue weighted by Crippen LogP contribution is -2.42. The maximum Gasteiger partial charge on any atom is 0.338 e. The highest BCUT2D eigenvalue weighted by Crippen LogP contribution is 2.23. The summed E-state index contributed by atoms with van der Waals surface area (Å²) in [6.07, 6.45) is 2.45. The molecule has 17 heavy (non-hydrogen) atoms. The molecule has 0 atom stereocenters. The standard InChI is InChI=1S/C12H27NO3Si/c1-4-9-17(15-5-2,16-6-3)10-7-8-12(14)11-13/h4-11,13H2,1-3H3. The minimum atomic E-state index is -2.07. The van der Waals surface area contributed by atoms with Gasteiger partial charge in [-0.15, -0.1) is 0 Å². The van der Waals surface area contributed by atoms with Crippen LogP contribution in [-0.2, 0) is 13.6 Å². The number of hydrogen-bond donors (Lipinski definition) is 1. The third-order valence-electron chi connectivity index (χ3n) is 2.69. The fourth-order valence-electron chi connectivity index (χ4n) is 2.02. The molecule has 0 bridgehead atoms. The molecule has 0 aromatic carbocycles. The Morgan fingerprint density at radius 2 is 1.71 bits per heavy atom. The number of Topliss-reactive ketones (excluding diaryl/α,β-unsaturated/α-hetero) is 1. The highest BCUT2D eigenvalue weighted by atomic mass is 28.4. The Bertz CT molecular complexity index is 195. The molecule has 0 fully saturated rings. The summed E-state index contributed by atoms with van der Waals surface area (Å²) in [4.78, 5) is 11.2. The Kier molecular flexibility index (Phi) is 9.63. The molecular formula is C12H27NO3Si. The quantitative estimate of drug-likeness (QED) is 0.579. The predicted molar refractivity (Wildman–Crippen MR) is 72.2 cm³/mol. The lowest BCUT2D eigenvalue weighted by Gasteiger charge is -2.29. The summed E-state index contributed by atoms with van der Waals surface area (Å²) in [5.41, 5.74) is 5.30. The van der Waals surface area contributed by atoms with Crippen molar-refractivity contribution in [2.75, 3.05) is 19.8 Å². The summed E-state index contributed by atoms with van der Waals surface area (Å²) in [5, 5.41) is 0. The minimum absolute atomic E-state index is 0.123. The lowest BCUT2D eigenvalue weighted by molar-refractivity contribution is -0.117. The van der Waals surface area contributed by atoms with Crippen LogP contribution in [0.1, 0.15) is 40.0 Å². The van der Waals surface area contributed by atoms with Gasteiger partial charge in [-0.25, -0.2) is 0 Å². The number of ketones is 1. The average Bonchev–Trinajstić information content (AvgIpc) is 2.30. The average molecular weight is 261 g/mol. The number of nitrogens with two attached hydrogens (primary N) is 1. The van der Waals surface area contributed by atoms with Crippen molar-refractivity contribution in [1.29, 1.82) is 0 Å². The summed E-state index contributed by atoms with van der Waals surface area (Å²) in [6, 6.07) is 1.90. The van der Waals surface area contributed by atoms with E-state index >= 15 is 0 Å². The van der Waals surface area contributed by atoms with E-state index in [1.165, 1.54) is 0 Å². The molecule has 2 N–H and O–H groups in total. The molecule has 0 heterocycles. The Labute approximate surface area is 106 Å². The molecule has 0 spiro atoms. The van der Waals surface area contributed by atoms with E-state index in [4.69, 9.17) is 14.6 Å². The Balaban J connectivity index is 4.27. The second-order valence-electron chi connectivity index (χ2n) is 4.12. The molecule has 0 aromatic rings. The van der Waals surface area contributed by atoms with E-state index in [-0.39, 0.29) is 12.3 Å². The molecule has 0 saturated heterocycles. The fourth-order valence-corrected chi connectivity index (χ4v) is 5.46. The van der Waals surface area contributed by atoms with Gasteiger partial charge in [0.15, 0.2) is 0 Å². The van der Waals surface area contributed by atoms with Gasteiger partial charge in [0, 0.05) is 19.6 Å². The third kappa shape index (κ3) is 6.93. The van der Waals surface area contributed by atoms with Crippen molar-refractivity contribution in [3.05, 3.63) is 0 Å². The number of hydrogen-bond acceptors (Lipinski definition) is 4. The van der Waals surface area contributed by atoms with Gasteiger partial charge >= 0.3 is 8.56 Å². The van der Waals surface area contributed by atoms with Crippen LogP contribution in [0.3, 0.4) is 0 Å². The van der Waals surface area contributed by atoms with Crippen LogP contribution < -0.4 is 5.73 Å². The predicted octanol–water partition coefficient (Wildman–Crippen LogP) is 2.22. The van der Waals surface area contributed by atoms with E-state index in [9.17, 15) is 4.79 Å². The van der Waals surface area contributed by atoms with Crippen molar-refractivity contribution in [2.24, 2.45) is 5.73 Å². The first-order valence-corrected chi connectivity index (χ1v) is 8.86. The molecule has 0 aromatic heterocycles. The van der Waals surface area contributed by atoms with Crippen LogP contribution in [0, 0.1) is 0 Å². The van der Waals surface area contributed by atoms with Crippen LogP contribution in [-0.4, -0.2) is 34.1 Å². The van der Waals surface area contributed by atoms with Gasteiger partial charge in [0.1, 0.15) is 5.78 Å².